The number of aromatic nitrogens is 2. The number of hydrogen-bond acceptors (Lipinski definition) is 2. The fourth-order valence-electron chi connectivity index (χ4n) is 3.66. The van der Waals surface area contributed by atoms with Crippen LogP contribution in [0.1, 0.15) is 37.8 Å². The summed E-state index contributed by atoms with van der Waals surface area (Å²) in [5.41, 5.74) is 1.02. The molecule has 0 radical (unpaired) electrons. The third-order valence-corrected chi connectivity index (χ3v) is 4.67. The highest BCUT2D eigenvalue weighted by Crippen LogP contribution is 2.29. The smallest absolute Gasteiger partial charge is 0.327 e. The van der Waals surface area contributed by atoms with E-state index in [1.165, 1.54) is 6.07 Å². The molecule has 1 unspecified atom stereocenters. The number of likely N-dealkylation sites (tertiary alicyclic amines) is 1. The lowest BCUT2D eigenvalue weighted by Gasteiger charge is -2.33. The van der Waals surface area contributed by atoms with Crippen molar-refractivity contribution in [2.75, 3.05) is 19.6 Å². The molecule has 0 N–H and O–H groups in total. The Morgan fingerprint density at radius 3 is 2.88 bits per heavy atom. The molecule has 136 valence electrons. The van der Waals surface area contributed by atoms with Gasteiger partial charge in [0.1, 0.15) is 5.82 Å². The minimum Gasteiger partial charge on any atom is -0.327 e. The van der Waals surface area contributed by atoms with E-state index < -0.39 is 12.6 Å². The third kappa shape index (κ3) is 4.63. The van der Waals surface area contributed by atoms with E-state index in [-0.39, 0.29) is 5.56 Å². The molecule has 1 fully saturated rings. The van der Waals surface area contributed by atoms with Crippen LogP contribution in [0.25, 0.3) is 11.4 Å². The van der Waals surface area contributed by atoms with Crippen LogP contribution in [-0.2, 0) is 6.42 Å². The second kappa shape index (κ2) is 7.60. The van der Waals surface area contributed by atoms with Crippen LogP contribution in [0.2, 0.25) is 0 Å². The van der Waals surface area contributed by atoms with Crippen LogP contribution >= 0.6 is 0 Å². The van der Waals surface area contributed by atoms with Gasteiger partial charge in [-0.15, -0.1) is 0 Å². The first-order valence-electron chi connectivity index (χ1n) is 8.87. The molecule has 0 saturated carbocycles. The number of nitrogens with zero attached hydrogens (tertiary/aromatic N) is 3. The van der Waals surface area contributed by atoms with Crippen molar-refractivity contribution in [3.8, 4) is 11.4 Å². The molecule has 1 aliphatic rings. The molecular formula is C19H24F3N3. The van der Waals surface area contributed by atoms with E-state index in [2.05, 4.69) is 21.4 Å². The Morgan fingerprint density at radius 2 is 2.12 bits per heavy atom. The molecule has 1 aromatic heterocycles. The number of imidazole rings is 1. The van der Waals surface area contributed by atoms with Crippen molar-refractivity contribution in [3.05, 3.63) is 42.2 Å². The number of piperidine rings is 1. The lowest BCUT2D eigenvalue weighted by atomic mass is 10.0. The van der Waals surface area contributed by atoms with Gasteiger partial charge >= 0.3 is 6.18 Å². The van der Waals surface area contributed by atoms with Gasteiger partial charge in [-0.05, 0) is 44.0 Å². The SMILES string of the molecule is CCCN1CCCC(n2ccnc2-c2cccc(CC(F)(F)F)c2)C1. The zero-order chi connectivity index (χ0) is 17.9. The second-order valence-electron chi connectivity index (χ2n) is 6.75. The van der Waals surface area contributed by atoms with E-state index in [0.29, 0.717) is 6.04 Å². The number of rotatable bonds is 5. The number of halogens is 3. The first-order valence-corrected chi connectivity index (χ1v) is 8.87. The molecule has 1 aliphatic heterocycles. The van der Waals surface area contributed by atoms with Crippen molar-refractivity contribution in [3.63, 3.8) is 0 Å². The quantitative estimate of drug-likeness (QED) is 0.778. The Bertz CT molecular complexity index is 691. The van der Waals surface area contributed by atoms with Crippen LogP contribution in [0.4, 0.5) is 13.2 Å². The molecule has 0 bridgehead atoms. The Labute approximate surface area is 146 Å². The van der Waals surface area contributed by atoms with Gasteiger partial charge in [0.2, 0.25) is 0 Å². The zero-order valence-corrected chi connectivity index (χ0v) is 14.5. The molecule has 3 nitrogen and oxygen atoms in total. The van der Waals surface area contributed by atoms with Gasteiger partial charge in [0.05, 0.1) is 6.42 Å². The average Bonchev–Trinajstić information content (AvgIpc) is 3.04. The van der Waals surface area contributed by atoms with Gasteiger partial charge in [0, 0.05) is 30.5 Å². The van der Waals surface area contributed by atoms with Gasteiger partial charge in [0.25, 0.3) is 0 Å². The van der Waals surface area contributed by atoms with E-state index in [1.807, 2.05) is 12.3 Å². The summed E-state index contributed by atoms with van der Waals surface area (Å²) in [6, 6.07) is 6.97. The minimum absolute atomic E-state index is 0.274. The summed E-state index contributed by atoms with van der Waals surface area (Å²) in [5.74, 6) is 0.757. The summed E-state index contributed by atoms with van der Waals surface area (Å²) in [4.78, 5) is 6.89. The van der Waals surface area contributed by atoms with Crippen LogP contribution < -0.4 is 0 Å². The van der Waals surface area contributed by atoms with E-state index in [1.54, 1.807) is 18.3 Å². The van der Waals surface area contributed by atoms with Crippen molar-refractivity contribution < 1.29 is 13.2 Å². The van der Waals surface area contributed by atoms with Gasteiger partial charge in [0.15, 0.2) is 0 Å². The molecule has 3 rings (SSSR count). The van der Waals surface area contributed by atoms with Gasteiger partial charge < -0.3 is 9.47 Å². The molecule has 1 saturated heterocycles. The van der Waals surface area contributed by atoms with Gasteiger partial charge in [-0.3, -0.25) is 0 Å². The first-order chi connectivity index (χ1) is 12.0. The maximum absolute atomic E-state index is 12.7. The monoisotopic (exact) mass is 351 g/mol. The highest BCUT2D eigenvalue weighted by molar-refractivity contribution is 5.57. The van der Waals surface area contributed by atoms with Crippen molar-refractivity contribution in [1.29, 1.82) is 0 Å². The number of alkyl halides is 3. The van der Waals surface area contributed by atoms with Crippen LogP contribution in [0.15, 0.2) is 36.7 Å². The Morgan fingerprint density at radius 1 is 1.28 bits per heavy atom. The second-order valence-corrected chi connectivity index (χ2v) is 6.75. The molecule has 2 heterocycles. The fourth-order valence-corrected chi connectivity index (χ4v) is 3.66. The fraction of sp³-hybridized carbons (Fsp3) is 0.526. The van der Waals surface area contributed by atoms with E-state index in [0.717, 1.165) is 50.3 Å². The summed E-state index contributed by atoms with van der Waals surface area (Å²) in [7, 11) is 0. The summed E-state index contributed by atoms with van der Waals surface area (Å²) < 4.78 is 40.2. The zero-order valence-electron chi connectivity index (χ0n) is 14.5. The first kappa shape index (κ1) is 18.0. The van der Waals surface area contributed by atoms with Gasteiger partial charge in [-0.1, -0.05) is 25.1 Å². The maximum Gasteiger partial charge on any atom is 0.393 e. The van der Waals surface area contributed by atoms with Crippen molar-refractivity contribution >= 4 is 0 Å². The third-order valence-electron chi connectivity index (χ3n) is 4.67. The van der Waals surface area contributed by atoms with E-state index in [4.69, 9.17) is 0 Å². The minimum atomic E-state index is -4.20. The van der Waals surface area contributed by atoms with E-state index >= 15 is 0 Å². The van der Waals surface area contributed by atoms with E-state index in [9.17, 15) is 13.2 Å². The summed E-state index contributed by atoms with van der Waals surface area (Å²) >= 11 is 0. The molecule has 0 aliphatic carbocycles. The number of benzene rings is 1. The Balaban J connectivity index is 1.83. The molecule has 0 amide bonds. The molecule has 1 aromatic carbocycles. The van der Waals surface area contributed by atoms with Crippen LogP contribution in [0, 0.1) is 0 Å². The molecule has 6 heteroatoms. The molecule has 2 aromatic rings. The standard InChI is InChI=1S/C19H24F3N3/c1-2-9-24-10-4-7-17(14-24)25-11-8-23-18(25)16-6-3-5-15(12-16)13-19(20,21)22/h3,5-6,8,11-12,17H,2,4,7,9-10,13-14H2,1H3. The lowest BCUT2D eigenvalue weighted by Crippen LogP contribution is -2.37. The highest BCUT2D eigenvalue weighted by atomic mass is 19.4. The normalized spacial score (nSPS) is 19.3. The molecule has 0 spiro atoms. The molecule has 1 atom stereocenters. The van der Waals surface area contributed by atoms with Crippen molar-refractivity contribution in [2.45, 2.75) is 44.8 Å². The number of hydrogen-bond donors (Lipinski definition) is 0. The van der Waals surface area contributed by atoms with Gasteiger partial charge in [-0.2, -0.15) is 13.2 Å². The maximum atomic E-state index is 12.7. The summed E-state index contributed by atoms with van der Waals surface area (Å²) in [5, 5.41) is 0. The predicted molar refractivity (Wildman–Crippen MR) is 92.4 cm³/mol. The Kier molecular flexibility index (Phi) is 5.47. The summed E-state index contributed by atoms with van der Waals surface area (Å²) in [6.45, 7) is 5.36. The van der Waals surface area contributed by atoms with Crippen molar-refractivity contribution in [2.24, 2.45) is 0 Å². The molecule has 25 heavy (non-hydrogen) atoms. The summed E-state index contributed by atoms with van der Waals surface area (Å²) in [6.07, 6.45) is 1.93. The highest BCUT2D eigenvalue weighted by Gasteiger charge is 2.28. The van der Waals surface area contributed by atoms with Crippen LogP contribution in [0.3, 0.4) is 0 Å². The molecular weight excluding hydrogens is 327 g/mol. The van der Waals surface area contributed by atoms with Crippen LogP contribution in [-0.4, -0.2) is 40.3 Å². The topological polar surface area (TPSA) is 21.1 Å². The average molecular weight is 351 g/mol. The van der Waals surface area contributed by atoms with Crippen molar-refractivity contribution in [1.82, 2.24) is 14.5 Å². The predicted octanol–water partition coefficient (Wildman–Crippen LogP) is 4.70. The largest absolute Gasteiger partial charge is 0.393 e. The van der Waals surface area contributed by atoms with Gasteiger partial charge in [-0.25, -0.2) is 4.98 Å². The lowest BCUT2D eigenvalue weighted by molar-refractivity contribution is -0.127. The van der Waals surface area contributed by atoms with Crippen LogP contribution in [0.5, 0.6) is 0 Å². The Hall–Kier alpha value is -1.82.